The van der Waals surface area contributed by atoms with E-state index in [0.717, 1.165) is 16.9 Å². The first-order valence-corrected chi connectivity index (χ1v) is 11.0. The zero-order valence-electron chi connectivity index (χ0n) is 14.5. The van der Waals surface area contributed by atoms with Crippen molar-refractivity contribution >= 4 is 38.9 Å². The Morgan fingerprint density at radius 2 is 2.04 bits per heavy atom. The van der Waals surface area contributed by atoms with E-state index in [1.54, 1.807) is 37.3 Å². The lowest BCUT2D eigenvalue weighted by Crippen LogP contribution is -2.44. The van der Waals surface area contributed by atoms with E-state index in [1.807, 2.05) is 6.07 Å². The number of hydrogen-bond donors (Lipinski definition) is 2. The van der Waals surface area contributed by atoms with Gasteiger partial charge in [-0.15, -0.1) is 11.3 Å². The van der Waals surface area contributed by atoms with Gasteiger partial charge < -0.3 is 9.52 Å². The highest BCUT2D eigenvalue weighted by Crippen LogP contribution is 2.52. The fourth-order valence-corrected chi connectivity index (χ4v) is 6.19. The maximum Gasteiger partial charge on any atom is 0.325 e. The lowest BCUT2D eigenvalue weighted by molar-refractivity contribution is -0.140. The van der Waals surface area contributed by atoms with E-state index in [9.17, 15) is 18.3 Å². The molecule has 0 spiro atoms. The first-order valence-electron chi connectivity index (χ1n) is 8.28. The van der Waals surface area contributed by atoms with Gasteiger partial charge in [-0.2, -0.15) is 4.72 Å². The van der Waals surface area contributed by atoms with Crippen LogP contribution in [0.4, 0.5) is 0 Å². The second-order valence-electron chi connectivity index (χ2n) is 6.52. The standard InChI is InChI=1S/C18H15ClN2O5S2/c1-10-20-15(16(19)26-10)13-7-8-14(27-13)28(24,25)21-18(17(22)23)9-12(18)11-5-3-2-4-6-11/h2-8,12,21H,9H2,1H3,(H,22,23)/t12-,18?/m0/s1. The van der Waals surface area contributed by atoms with Gasteiger partial charge in [0.15, 0.2) is 5.89 Å². The molecule has 2 aromatic heterocycles. The van der Waals surface area contributed by atoms with E-state index >= 15 is 0 Å². The van der Waals surface area contributed by atoms with Crippen LogP contribution in [-0.2, 0) is 14.8 Å². The molecule has 0 aliphatic heterocycles. The van der Waals surface area contributed by atoms with Crippen LogP contribution in [0.1, 0.15) is 23.8 Å². The van der Waals surface area contributed by atoms with E-state index in [-0.39, 0.29) is 15.8 Å². The van der Waals surface area contributed by atoms with Crippen molar-refractivity contribution in [2.75, 3.05) is 0 Å². The molecule has 28 heavy (non-hydrogen) atoms. The number of benzene rings is 1. The predicted octanol–water partition coefficient (Wildman–Crippen LogP) is 3.65. The number of carboxylic acids is 1. The van der Waals surface area contributed by atoms with Crippen LogP contribution < -0.4 is 4.72 Å². The smallest absolute Gasteiger partial charge is 0.325 e. The zero-order valence-corrected chi connectivity index (χ0v) is 16.9. The average molecular weight is 439 g/mol. The molecule has 4 rings (SSSR count). The van der Waals surface area contributed by atoms with Crippen LogP contribution in [0, 0.1) is 6.92 Å². The Labute approximate surface area is 170 Å². The number of aliphatic carboxylic acids is 1. The summed E-state index contributed by atoms with van der Waals surface area (Å²) in [5, 5.41) is 9.78. The number of carbonyl (C=O) groups is 1. The average Bonchev–Trinajstić information content (AvgIpc) is 2.98. The SMILES string of the molecule is Cc1nc(-c2ccc(S(=O)(=O)NC3(C(=O)O)C[C@H]3c3ccccc3)s2)c(Cl)o1. The molecule has 1 saturated carbocycles. The third-order valence-corrected chi connectivity index (χ3v) is 7.98. The topological polar surface area (TPSA) is 110 Å². The minimum atomic E-state index is -4.05. The van der Waals surface area contributed by atoms with E-state index in [0.29, 0.717) is 16.5 Å². The van der Waals surface area contributed by atoms with Gasteiger partial charge in [-0.1, -0.05) is 30.3 Å². The van der Waals surface area contributed by atoms with Crippen molar-refractivity contribution in [1.29, 1.82) is 0 Å². The Morgan fingerprint density at radius 1 is 1.32 bits per heavy atom. The van der Waals surface area contributed by atoms with Gasteiger partial charge in [0.05, 0.1) is 4.88 Å². The van der Waals surface area contributed by atoms with Crippen LogP contribution in [0.15, 0.2) is 51.1 Å². The third kappa shape index (κ3) is 3.24. The summed E-state index contributed by atoms with van der Waals surface area (Å²) in [5.74, 6) is -1.26. The van der Waals surface area contributed by atoms with Crippen LogP contribution in [0.5, 0.6) is 0 Å². The monoisotopic (exact) mass is 438 g/mol. The van der Waals surface area contributed by atoms with Crippen LogP contribution in [-0.4, -0.2) is 30.0 Å². The fraction of sp³-hybridized carbons (Fsp3) is 0.222. The molecular formula is C18H15ClN2O5S2. The first kappa shape index (κ1) is 19.1. The van der Waals surface area contributed by atoms with Gasteiger partial charge in [-0.3, -0.25) is 4.79 Å². The number of sulfonamides is 1. The molecule has 0 radical (unpaired) electrons. The molecule has 7 nitrogen and oxygen atoms in total. The van der Waals surface area contributed by atoms with Crippen molar-refractivity contribution in [3.8, 4) is 10.6 Å². The van der Waals surface area contributed by atoms with Crippen molar-refractivity contribution in [2.45, 2.75) is 29.0 Å². The molecule has 1 unspecified atom stereocenters. The first-order chi connectivity index (χ1) is 13.2. The quantitative estimate of drug-likeness (QED) is 0.607. The fourth-order valence-electron chi connectivity index (χ4n) is 3.18. The van der Waals surface area contributed by atoms with Gasteiger partial charge in [0.25, 0.3) is 10.0 Å². The summed E-state index contributed by atoms with van der Waals surface area (Å²) in [6.07, 6.45) is 0.193. The number of aromatic nitrogens is 1. The molecule has 2 N–H and O–H groups in total. The summed E-state index contributed by atoms with van der Waals surface area (Å²) in [6.45, 7) is 1.63. The van der Waals surface area contributed by atoms with E-state index in [2.05, 4.69) is 9.71 Å². The van der Waals surface area contributed by atoms with Crippen LogP contribution in [0.3, 0.4) is 0 Å². The van der Waals surface area contributed by atoms with Gasteiger partial charge in [0, 0.05) is 12.8 Å². The molecule has 1 aliphatic rings. The number of nitrogens with one attached hydrogen (secondary N) is 1. The highest BCUT2D eigenvalue weighted by Gasteiger charge is 2.63. The van der Waals surface area contributed by atoms with Crippen molar-refractivity contribution in [2.24, 2.45) is 0 Å². The van der Waals surface area contributed by atoms with Gasteiger partial charge in [0.1, 0.15) is 15.4 Å². The summed E-state index contributed by atoms with van der Waals surface area (Å²) in [4.78, 5) is 16.5. The summed E-state index contributed by atoms with van der Waals surface area (Å²) >= 11 is 6.93. The van der Waals surface area contributed by atoms with Crippen molar-refractivity contribution in [3.05, 3.63) is 59.1 Å². The molecule has 1 fully saturated rings. The minimum absolute atomic E-state index is 0.0152. The highest BCUT2D eigenvalue weighted by molar-refractivity contribution is 7.91. The molecule has 0 saturated heterocycles. The van der Waals surface area contributed by atoms with Crippen molar-refractivity contribution in [3.63, 3.8) is 0 Å². The van der Waals surface area contributed by atoms with Crippen LogP contribution >= 0.6 is 22.9 Å². The van der Waals surface area contributed by atoms with E-state index < -0.39 is 27.4 Å². The maximum absolute atomic E-state index is 12.9. The molecule has 0 bridgehead atoms. The molecule has 10 heteroatoms. The Bertz CT molecular complexity index is 1160. The molecule has 0 amide bonds. The third-order valence-electron chi connectivity index (χ3n) is 4.63. The molecule has 146 valence electrons. The zero-order chi connectivity index (χ0) is 20.1. The normalized spacial score (nSPS) is 21.6. The molecular weight excluding hydrogens is 424 g/mol. The molecule has 2 heterocycles. The van der Waals surface area contributed by atoms with Crippen LogP contribution in [0.2, 0.25) is 5.22 Å². The number of hydrogen-bond acceptors (Lipinski definition) is 6. The van der Waals surface area contributed by atoms with Crippen molar-refractivity contribution in [1.82, 2.24) is 9.71 Å². The lowest BCUT2D eigenvalue weighted by atomic mass is 10.1. The Hall–Kier alpha value is -2.20. The van der Waals surface area contributed by atoms with Gasteiger partial charge in [-0.05, 0) is 35.7 Å². The molecule has 2 atom stereocenters. The summed E-state index contributed by atoms with van der Waals surface area (Å²) in [6, 6.07) is 12.0. The minimum Gasteiger partial charge on any atom is -0.480 e. The summed E-state index contributed by atoms with van der Waals surface area (Å²) < 4.78 is 33.3. The largest absolute Gasteiger partial charge is 0.480 e. The number of nitrogens with zero attached hydrogens (tertiary/aromatic N) is 1. The Kier molecular flexibility index (Phi) is 4.58. The number of carboxylic acid groups (broad SMARTS) is 1. The number of aryl methyl sites for hydroxylation is 1. The van der Waals surface area contributed by atoms with Crippen LogP contribution in [0.25, 0.3) is 10.6 Å². The summed E-state index contributed by atoms with van der Waals surface area (Å²) in [5.41, 5.74) is -0.414. The maximum atomic E-state index is 12.9. The highest BCUT2D eigenvalue weighted by atomic mass is 35.5. The predicted molar refractivity (Wildman–Crippen MR) is 104 cm³/mol. The van der Waals surface area contributed by atoms with E-state index in [4.69, 9.17) is 16.0 Å². The number of rotatable bonds is 6. The molecule has 3 aromatic rings. The molecule has 1 aromatic carbocycles. The number of oxazole rings is 1. The lowest BCUT2D eigenvalue weighted by Gasteiger charge is -2.14. The Morgan fingerprint density at radius 3 is 2.64 bits per heavy atom. The van der Waals surface area contributed by atoms with Gasteiger partial charge in [0.2, 0.25) is 5.22 Å². The van der Waals surface area contributed by atoms with Gasteiger partial charge in [-0.25, -0.2) is 13.4 Å². The Balaban J connectivity index is 1.62. The number of halogens is 1. The van der Waals surface area contributed by atoms with Gasteiger partial charge >= 0.3 is 5.97 Å². The second-order valence-corrected chi connectivity index (χ2v) is 9.86. The number of thiophene rings is 1. The second kappa shape index (κ2) is 6.70. The molecule has 1 aliphatic carbocycles. The summed E-state index contributed by atoms with van der Waals surface area (Å²) in [7, 11) is -4.05. The van der Waals surface area contributed by atoms with E-state index in [1.165, 1.54) is 6.07 Å². The van der Waals surface area contributed by atoms with Crippen molar-refractivity contribution < 1.29 is 22.7 Å².